The van der Waals surface area contributed by atoms with E-state index in [2.05, 4.69) is 5.32 Å². The number of ether oxygens (including phenoxy) is 1. The zero-order valence-electron chi connectivity index (χ0n) is 16.5. The van der Waals surface area contributed by atoms with Crippen LogP contribution < -0.4 is 5.32 Å². The Morgan fingerprint density at radius 3 is 2.68 bits per heavy atom. The van der Waals surface area contributed by atoms with Crippen molar-refractivity contribution in [2.24, 2.45) is 0 Å². The van der Waals surface area contributed by atoms with Gasteiger partial charge in [0.05, 0.1) is 29.5 Å². The van der Waals surface area contributed by atoms with E-state index in [1.807, 2.05) is 6.07 Å². The van der Waals surface area contributed by atoms with Gasteiger partial charge in [0.25, 0.3) is 11.8 Å². The highest BCUT2D eigenvalue weighted by molar-refractivity contribution is 7.99. The van der Waals surface area contributed by atoms with Crippen LogP contribution >= 0.6 is 35.0 Å². The van der Waals surface area contributed by atoms with Crippen molar-refractivity contribution >= 4 is 58.4 Å². The molecule has 0 aliphatic carbocycles. The number of hydrogen-bond donors (Lipinski definition) is 1. The van der Waals surface area contributed by atoms with Crippen molar-refractivity contribution in [2.75, 3.05) is 24.2 Å². The van der Waals surface area contributed by atoms with Gasteiger partial charge in [-0.3, -0.25) is 19.3 Å². The van der Waals surface area contributed by atoms with Gasteiger partial charge in [0.15, 0.2) is 0 Å². The minimum absolute atomic E-state index is 0.104. The standard InChI is InChI=1S/C22H20Cl2N2O4S/c23-14-4-3-13(19(24)8-14)11-31-12-20(27)25-15-5-6-17-18(9-15)22(29)26(21(17)28)10-16-2-1-7-30-16/h3-6,8-9,16H,1-2,7,10-12H2,(H,25,27). The Bertz CT molecular complexity index is 1040. The second-order valence-electron chi connectivity index (χ2n) is 7.39. The van der Waals surface area contributed by atoms with E-state index in [0.717, 1.165) is 18.4 Å². The van der Waals surface area contributed by atoms with E-state index in [1.165, 1.54) is 16.7 Å². The van der Waals surface area contributed by atoms with Gasteiger partial charge in [0, 0.05) is 28.1 Å². The molecule has 0 spiro atoms. The number of halogens is 2. The SMILES string of the molecule is O=C(CSCc1ccc(Cl)cc1Cl)Nc1ccc2c(c1)C(=O)N(CC1CCCO1)C2=O. The number of nitrogens with one attached hydrogen (secondary N) is 1. The lowest BCUT2D eigenvalue weighted by atomic mass is 10.1. The van der Waals surface area contributed by atoms with Gasteiger partial charge in [0.1, 0.15) is 0 Å². The molecule has 2 aromatic rings. The Kier molecular flexibility index (Phi) is 6.86. The predicted octanol–water partition coefficient (Wildman–Crippen LogP) is 4.64. The van der Waals surface area contributed by atoms with E-state index in [0.29, 0.717) is 39.2 Å². The summed E-state index contributed by atoms with van der Waals surface area (Å²) in [7, 11) is 0. The van der Waals surface area contributed by atoms with Gasteiger partial charge < -0.3 is 10.1 Å². The first-order valence-electron chi connectivity index (χ1n) is 9.86. The maximum atomic E-state index is 12.7. The Morgan fingerprint density at radius 1 is 1.13 bits per heavy atom. The number of fused-ring (bicyclic) bond motifs is 1. The summed E-state index contributed by atoms with van der Waals surface area (Å²) in [5.41, 5.74) is 2.04. The van der Waals surface area contributed by atoms with Gasteiger partial charge in [0.2, 0.25) is 5.91 Å². The molecule has 2 aromatic carbocycles. The quantitative estimate of drug-likeness (QED) is 0.586. The molecule has 2 aliphatic rings. The van der Waals surface area contributed by atoms with Gasteiger partial charge in [-0.15, -0.1) is 11.8 Å². The zero-order valence-corrected chi connectivity index (χ0v) is 18.9. The van der Waals surface area contributed by atoms with Crippen LogP contribution in [0, 0.1) is 0 Å². The number of nitrogens with zero attached hydrogens (tertiary/aromatic N) is 1. The average Bonchev–Trinajstić information content (AvgIpc) is 3.33. The molecule has 9 heteroatoms. The average molecular weight is 479 g/mol. The van der Waals surface area contributed by atoms with Crippen LogP contribution in [0.15, 0.2) is 36.4 Å². The first-order valence-corrected chi connectivity index (χ1v) is 11.8. The molecule has 31 heavy (non-hydrogen) atoms. The molecule has 2 aliphatic heterocycles. The first-order chi connectivity index (χ1) is 14.9. The number of anilines is 1. The Hall–Kier alpha value is -2.06. The molecule has 1 N–H and O–H groups in total. The highest BCUT2D eigenvalue weighted by atomic mass is 35.5. The molecule has 0 radical (unpaired) electrons. The maximum absolute atomic E-state index is 12.7. The molecule has 1 unspecified atom stereocenters. The van der Waals surface area contributed by atoms with E-state index < -0.39 is 0 Å². The van der Waals surface area contributed by atoms with Crippen LogP contribution in [0.3, 0.4) is 0 Å². The number of imide groups is 1. The second kappa shape index (κ2) is 9.61. The summed E-state index contributed by atoms with van der Waals surface area (Å²) in [6.07, 6.45) is 1.67. The van der Waals surface area contributed by atoms with Crippen LogP contribution in [-0.4, -0.2) is 47.6 Å². The second-order valence-corrected chi connectivity index (χ2v) is 9.22. The molecular weight excluding hydrogens is 459 g/mol. The minimum atomic E-state index is -0.349. The lowest BCUT2D eigenvalue weighted by molar-refractivity contribution is -0.113. The Labute approximate surface area is 194 Å². The van der Waals surface area contributed by atoms with E-state index in [1.54, 1.807) is 30.3 Å². The fraction of sp³-hybridized carbons (Fsp3) is 0.318. The molecule has 162 valence electrons. The first kappa shape index (κ1) is 22.1. The summed E-state index contributed by atoms with van der Waals surface area (Å²) in [4.78, 5) is 38.9. The highest BCUT2D eigenvalue weighted by Crippen LogP contribution is 2.28. The molecule has 4 rings (SSSR count). The fourth-order valence-corrected chi connectivity index (χ4v) is 5.00. The molecule has 1 atom stereocenters. The number of hydrogen-bond acceptors (Lipinski definition) is 5. The van der Waals surface area contributed by atoms with Gasteiger partial charge in [-0.1, -0.05) is 29.3 Å². The molecule has 3 amide bonds. The van der Waals surface area contributed by atoms with Gasteiger partial charge in [-0.25, -0.2) is 0 Å². The van der Waals surface area contributed by atoms with E-state index >= 15 is 0 Å². The predicted molar refractivity (Wildman–Crippen MR) is 122 cm³/mol. The van der Waals surface area contributed by atoms with E-state index in [-0.39, 0.29) is 36.1 Å². The van der Waals surface area contributed by atoms with Crippen molar-refractivity contribution in [3.8, 4) is 0 Å². The number of rotatable bonds is 7. The Balaban J connectivity index is 1.34. The number of benzene rings is 2. The normalized spacial score (nSPS) is 17.9. The third-order valence-corrected chi connectivity index (χ3v) is 6.74. The molecule has 2 heterocycles. The molecule has 0 bridgehead atoms. The topological polar surface area (TPSA) is 75.7 Å². The number of amides is 3. The molecule has 6 nitrogen and oxygen atoms in total. The Morgan fingerprint density at radius 2 is 1.94 bits per heavy atom. The molecule has 1 saturated heterocycles. The lowest BCUT2D eigenvalue weighted by Gasteiger charge is -2.17. The maximum Gasteiger partial charge on any atom is 0.261 e. The summed E-state index contributed by atoms with van der Waals surface area (Å²) in [5, 5.41) is 3.91. The summed E-state index contributed by atoms with van der Waals surface area (Å²) in [6.45, 7) is 0.921. The van der Waals surface area contributed by atoms with E-state index in [9.17, 15) is 14.4 Å². The third-order valence-electron chi connectivity index (χ3n) is 5.17. The van der Waals surface area contributed by atoms with Gasteiger partial charge in [-0.2, -0.15) is 0 Å². The fourth-order valence-electron chi connectivity index (χ4n) is 3.62. The monoisotopic (exact) mass is 478 g/mol. The number of carbonyl (C=O) groups is 3. The molecule has 0 aromatic heterocycles. The van der Waals surface area contributed by atoms with Crippen LogP contribution in [0.25, 0.3) is 0 Å². The van der Waals surface area contributed by atoms with Crippen LogP contribution in [0.5, 0.6) is 0 Å². The van der Waals surface area contributed by atoms with Crippen molar-refractivity contribution in [1.29, 1.82) is 0 Å². The summed E-state index contributed by atoms with van der Waals surface area (Å²) >= 11 is 13.5. The van der Waals surface area contributed by atoms with Crippen LogP contribution in [0.4, 0.5) is 5.69 Å². The van der Waals surface area contributed by atoms with Gasteiger partial charge in [-0.05, 0) is 48.7 Å². The molecule has 1 fully saturated rings. The third kappa shape index (κ3) is 5.06. The van der Waals surface area contributed by atoms with Crippen LogP contribution in [-0.2, 0) is 15.3 Å². The van der Waals surface area contributed by atoms with Crippen molar-refractivity contribution < 1.29 is 19.1 Å². The van der Waals surface area contributed by atoms with Crippen molar-refractivity contribution in [1.82, 2.24) is 4.90 Å². The highest BCUT2D eigenvalue weighted by Gasteiger charge is 2.37. The van der Waals surface area contributed by atoms with Crippen LogP contribution in [0.2, 0.25) is 10.0 Å². The largest absolute Gasteiger partial charge is 0.376 e. The molecule has 0 saturated carbocycles. The zero-order chi connectivity index (χ0) is 22.0. The number of carbonyl (C=O) groups excluding carboxylic acids is 3. The molecular formula is C22H20Cl2N2O4S. The summed E-state index contributed by atoms with van der Waals surface area (Å²) in [6, 6.07) is 10.0. The van der Waals surface area contributed by atoms with Gasteiger partial charge >= 0.3 is 0 Å². The van der Waals surface area contributed by atoms with Crippen LogP contribution in [0.1, 0.15) is 39.1 Å². The number of thioether (sulfide) groups is 1. The van der Waals surface area contributed by atoms with Crippen molar-refractivity contribution in [2.45, 2.75) is 24.7 Å². The smallest absolute Gasteiger partial charge is 0.261 e. The van der Waals surface area contributed by atoms with E-state index in [4.69, 9.17) is 27.9 Å². The van der Waals surface area contributed by atoms with Crippen molar-refractivity contribution in [3.05, 3.63) is 63.1 Å². The summed E-state index contributed by atoms with van der Waals surface area (Å²) in [5.74, 6) is -0.0857. The summed E-state index contributed by atoms with van der Waals surface area (Å²) < 4.78 is 5.55. The minimum Gasteiger partial charge on any atom is -0.376 e. The lowest BCUT2D eigenvalue weighted by Crippen LogP contribution is -2.36. The van der Waals surface area contributed by atoms with Crippen molar-refractivity contribution in [3.63, 3.8) is 0 Å².